The number of nitrogens with zero attached hydrogens (tertiary/aromatic N) is 2. The first-order valence-electron chi connectivity index (χ1n) is 8.83. The van der Waals surface area contributed by atoms with Crippen molar-refractivity contribution in [1.82, 2.24) is 14.5 Å². The second-order valence-corrected chi connectivity index (χ2v) is 8.36. The van der Waals surface area contributed by atoms with Crippen molar-refractivity contribution in [1.29, 1.82) is 0 Å². The molecular formula is C17H27N3O4S. The summed E-state index contributed by atoms with van der Waals surface area (Å²) in [6, 6.07) is 7.21. The largest absolute Gasteiger partial charge is 0.492 e. The predicted octanol–water partition coefficient (Wildman–Crippen LogP) is 0.380. The molecule has 1 N–H and O–H groups in total. The third-order valence-corrected chi connectivity index (χ3v) is 6.63. The van der Waals surface area contributed by atoms with Gasteiger partial charge in [-0.05, 0) is 31.2 Å². The quantitative estimate of drug-likeness (QED) is 0.782. The summed E-state index contributed by atoms with van der Waals surface area (Å²) in [5.41, 5.74) is 0. The molecule has 2 saturated heterocycles. The molecule has 7 nitrogen and oxygen atoms in total. The van der Waals surface area contributed by atoms with Gasteiger partial charge in [0.15, 0.2) is 0 Å². The molecule has 0 unspecified atom stereocenters. The van der Waals surface area contributed by atoms with Crippen LogP contribution in [0.2, 0.25) is 0 Å². The van der Waals surface area contributed by atoms with Crippen molar-refractivity contribution in [3.8, 4) is 5.75 Å². The van der Waals surface area contributed by atoms with Crippen molar-refractivity contribution in [2.24, 2.45) is 0 Å². The summed E-state index contributed by atoms with van der Waals surface area (Å²) in [4.78, 5) is 2.70. The minimum Gasteiger partial charge on any atom is -0.492 e. The van der Waals surface area contributed by atoms with Crippen molar-refractivity contribution >= 4 is 10.0 Å². The molecule has 25 heavy (non-hydrogen) atoms. The Hall–Kier alpha value is -1.19. The first kappa shape index (κ1) is 18.6. The van der Waals surface area contributed by atoms with E-state index >= 15 is 0 Å². The van der Waals surface area contributed by atoms with Crippen molar-refractivity contribution in [3.63, 3.8) is 0 Å². The third-order valence-electron chi connectivity index (χ3n) is 4.72. The molecule has 0 aliphatic carbocycles. The number of nitrogens with one attached hydrogen (secondary N) is 1. The number of hydrogen-bond donors (Lipinski definition) is 1. The first-order valence-corrected chi connectivity index (χ1v) is 10.3. The van der Waals surface area contributed by atoms with Gasteiger partial charge in [-0.25, -0.2) is 8.42 Å². The van der Waals surface area contributed by atoms with Gasteiger partial charge in [0.25, 0.3) is 0 Å². The maximum Gasteiger partial charge on any atom is 0.243 e. The number of sulfonamides is 1. The summed E-state index contributed by atoms with van der Waals surface area (Å²) in [5, 5.41) is 3.37. The van der Waals surface area contributed by atoms with E-state index in [1.807, 2.05) is 0 Å². The number of hydrogen-bond acceptors (Lipinski definition) is 6. The Morgan fingerprint density at radius 1 is 1.20 bits per heavy atom. The molecule has 0 amide bonds. The topological polar surface area (TPSA) is 71.1 Å². The molecule has 1 atom stereocenters. The standard InChI is InChI=1S/C17H27N3O4S/c1-15-14-18-6-7-19(15)8-13-24-16-2-4-17(5-3-16)25(21,22)20-9-11-23-12-10-20/h2-5,15,18H,6-14H2,1H3/t15-/m0/s1. The van der Waals surface area contributed by atoms with Gasteiger partial charge in [-0.3, -0.25) is 4.90 Å². The van der Waals surface area contributed by atoms with Crippen LogP contribution in [0.15, 0.2) is 29.2 Å². The molecule has 1 aromatic carbocycles. The molecule has 2 heterocycles. The Morgan fingerprint density at radius 2 is 1.92 bits per heavy atom. The summed E-state index contributed by atoms with van der Waals surface area (Å²) in [6.07, 6.45) is 0. The molecule has 0 aromatic heterocycles. The zero-order chi connectivity index (χ0) is 17.7. The highest BCUT2D eigenvalue weighted by atomic mass is 32.2. The van der Waals surface area contributed by atoms with E-state index in [9.17, 15) is 8.42 Å². The molecule has 140 valence electrons. The Kier molecular flexibility index (Phi) is 6.29. The highest BCUT2D eigenvalue weighted by molar-refractivity contribution is 7.89. The molecule has 0 spiro atoms. The van der Waals surface area contributed by atoms with Crippen LogP contribution in [-0.2, 0) is 14.8 Å². The number of rotatable bonds is 6. The van der Waals surface area contributed by atoms with Crippen LogP contribution in [0.4, 0.5) is 0 Å². The lowest BCUT2D eigenvalue weighted by Crippen LogP contribution is -2.50. The number of piperazine rings is 1. The Balaban J connectivity index is 1.53. The summed E-state index contributed by atoms with van der Waals surface area (Å²) in [6.45, 7) is 8.43. The van der Waals surface area contributed by atoms with E-state index in [0.717, 1.165) is 26.2 Å². The van der Waals surface area contributed by atoms with Gasteiger partial charge in [0.05, 0.1) is 18.1 Å². The van der Waals surface area contributed by atoms with Crippen LogP contribution < -0.4 is 10.1 Å². The fourth-order valence-corrected chi connectivity index (χ4v) is 4.55. The van der Waals surface area contributed by atoms with Gasteiger partial charge in [0, 0.05) is 45.3 Å². The van der Waals surface area contributed by atoms with Gasteiger partial charge in [-0.2, -0.15) is 4.31 Å². The van der Waals surface area contributed by atoms with E-state index in [1.54, 1.807) is 24.3 Å². The normalized spacial score (nSPS) is 23.5. The van der Waals surface area contributed by atoms with Crippen molar-refractivity contribution in [2.75, 3.05) is 59.1 Å². The summed E-state index contributed by atoms with van der Waals surface area (Å²) in [7, 11) is -3.44. The third kappa shape index (κ3) is 4.71. The Morgan fingerprint density at radius 3 is 2.60 bits per heavy atom. The van der Waals surface area contributed by atoms with Crippen LogP contribution >= 0.6 is 0 Å². The average molecular weight is 369 g/mol. The van der Waals surface area contributed by atoms with Crippen LogP contribution in [0.5, 0.6) is 5.75 Å². The highest BCUT2D eigenvalue weighted by Crippen LogP contribution is 2.20. The maximum atomic E-state index is 12.6. The molecule has 2 fully saturated rings. The number of morpholine rings is 1. The van der Waals surface area contributed by atoms with Crippen molar-refractivity contribution in [3.05, 3.63) is 24.3 Å². The van der Waals surface area contributed by atoms with Gasteiger partial charge in [-0.1, -0.05) is 0 Å². The second kappa shape index (κ2) is 8.46. The van der Waals surface area contributed by atoms with Crippen LogP contribution in [0.1, 0.15) is 6.92 Å². The van der Waals surface area contributed by atoms with E-state index in [1.165, 1.54) is 4.31 Å². The minimum atomic E-state index is -3.44. The zero-order valence-corrected chi connectivity index (χ0v) is 15.5. The number of benzene rings is 1. The lowest BCUT2D eigenvalue weighted by atomic mass is 10.2. The fraction of sp³-hybridized carbons (Fsp3) is 0.647. The Bertz CT molecular complexity index is 644. The van der Waals surface area contributed by atoms with E-state index in [0.29, 0.717) is 49.6 Å². The molecule has 8 heteroatoms. The average Bonchev–Trinajstić information content (AvgIpc) is 2.64. The first-order chi connectivity index (χ1) is 12.1. The fourth-order valence-electron chi connectivity index (χ4n) is 3.14. The van der Waals surface area contributed by atoms with Crippen LogP contribution in [-0.4, -0.2) is 82.8 Å². The van der Waals surface area contributed by atoms with Gasteiger partial charge < -0.3 is 14.8 Å². The number of ether oxygens (including phenoxy) is 2. The smallest absolute Gasteiger partial charge is 0.243 e. The van der Waals surface area contributed by atoms with Crippen molar-refractivity contribution in [2.45, 2.75) is 17.9 Å². The van der Waals surface area contributed by atoms with Crippen LogP contribution in [0.3, 0.4) is 0 Å². The molecule has 0 radical (unpaired) electrons. The summed E-state index contributed by atoms with van der Waals surface area (Å²) in [5.74, 6) is 0.698. The molecule has 3 rings (SSSR count). The van der Waals surface area contributed by atoms with E-state index in [-0.39, 0.29) is 0 Å². The SMILES string of the molecule is C[C@H]1CNCCN1CCOc1ccc(S(=O)(=O)N2CCOCC2)cc1. The maximum absolute atomic E-state index is 12.6. The lowest BCUT2D eigenvalue weighted by Gasteiger charge is -2.33. The molecule has 2 aliphatic rings. The molecule has 0 bridgehead atoms. The Labute approximate surface area is 149 Å². The minimum absolute atomic E-state index is 0.303. The predicted molar refractivity (Wildman–Crippen MR) is 95.4 cm³/mol. The van der Waals surface area contributed by atoms with Gasteiger partial charge >= 0.3 is 0 Å². The molecule has 1 aromatic rings. The summed E-state index contributed by atoms with van der Waals surface area (Å²) < 4.78 is 37.6. The molecule has 0 saturated carbocycles. The van der Waals surface area contributed by atoms with Gasteiger partial charge in [-0.15, -0.1) is 0 Å². The van der Waals surface area contributed by atoms with Gasteiger partial charge in [0.1, 0.15) is 12.4 Å². The van der Waals surface area contributed by atoms with Crippen LogP contribution in [0, 0.1) is 0 Å². The van der Waals surface area contributed by atoms with Gasteiger partial charge in [0.2, 0.25) is 10.0 Å². The lowest BCUT2D eigenvalue weighted by molar-refractivity contribution is 0.0730. The molecular weight excluding hydrogens is 342 g/mol. The van der Waals surface area contributed by atoms with E-state index in [4.69, 9.17) is 9.47 Å². The zero-order valence-electron chi connectivity index (χ0n) is 14.7. The summed E-state index contributed by atoms with van der Waals surface area (Å²) >= 11 is 0. The van der Waals surface area contributed by atoms with E-state index in [2.05, 4.69) is 17.1 Å². The highest BCUT2D eigenvalue weighted by Gasteiger charge is 2.26. The monoisotopic (exact) mass is 369 g/mol. The van der Waals surface area contributed by atoms with Crippen LogP contribution in [0.25, 0.3) is 0 Å². The van der Waals surface area contributed by atoms with Crippen molar-refractivity contribution < 1.29 is 17.9 Å². The van der Waals surface area contributed by atoms with E-state index < -0.39 is 10.0 Å². The second-order valence-electron chi connectivity index (χ2n) is 6.43. The molecule has 2 aliphatic heterocycles.